The average molecular weight is 567 g/mol. The number of nitrogens with one attached hydrogen (secondary N) is 1. The van der Waals surface area contributed by atoms with Crippen LogP contribution in [0.15, 0.2) is 30.3 Å². The number of piperazine rings is 1. The number of nitrogens with zero attached hydrogens (tertiary/aromatic N) is 4. The molecule has 2 aromatic carbocycles. The largest absolute Gasteiger partial charge is 0.396 e. The molecule has 1 atom stereocenters. The van der Waals surface area contributed by atoms with Gasteiger partial charge in [-0.05, 0) is 43.4 Å². The minimum absolute atomic E-state index is 0.0829. The lowest BCUT2D eigenvalue weighted by atomic mass is 9.95. The minimum Gasteiger partial charge on any atom is -0.396 e. The molecule has 0 aliphatic carbocycles. The van der Waals surface area contributed by atoms with Gasteiger partial charge in [-0.15, -0.1) is 0 Å². The summed E-state index contributed by atoms with van der Waals surface area (Å²) >= 11 is 0. The summed E-state index contributed by atoms with van der Waals surface area (Å²) in [5.41, 5.74) is 6.95. The minimum atomic E-state index is -0.981. The predicted molar refractivity (Wildman–Crippen MR) is 147 cm³/mol. The maximum absolute atomic E-state index is 14.3. The fourth-order valence-electron chi connectivity index (χ4n) is 6.36. The number of hydrogen-bond acceptors (Lipinski definition) is 8. The molecular weight excluding hydrogens is 534 g/mol. The van der Waals surface area contributed by atoms with E-state index in [2.05, 4.69) is 15.1 Å². The Balaban J connectivity index is 1.03. The van der Waals surface area contributed by atoms with E-state index in [0.717, 1.165) is 62.2 Å². The van der Waals surface area contributed by atoms with Crippen LogP contribution in [0, 0.1) is 17.6 Å². The number of fused-ring (bicyclic) bond motifs is 1. The molecule has 1 unspecified atom stereocenters. The highest BCUT2D eigenvalue weighted by Crippen LogP contribution is 2.32. The average Bonchev–Trinajstić information content (AvgIpc) is 3.20. The van der Waals surface area contributed by atoms with Crippen LogP contribution in [0.3, 0.4) is 0 Å². The van der Waals surface area contributed by atoms with Gasteiger partial charge in [-0.3, -0.25) is 34.3 Å². The second-order valence-electron chi connectivity index (χ2n) is 11.2. The molecule has 41 heavy (non-hydrogen) atoms. The number of rotatable bonds is 5. The predicted octanol–water partition coefficient (Wildman–Crippen LogP) is 1.99. The van der Waals surface area contributed by atoms with Crippen molar-refractivity contribution in [1.82, 2.24) is 15.1 Å². The first-order valence-corrected chi connectivity index (χ1v) is 14.0. The number of amides is 4. The Bertz CT molecular complexity index is 1420. The Hall–Kier alpha value is -4.06. The van der Waals surface area contributed by atoms with Gasteiger partial charge in [0.15, 0.2) is 0 Å². The standard InChI is InChI=1S/C29H32F2N6O4/c30-21-15-25(22(31)14-23(21)32)36-7-5-17(6-8-36)16-34-9-11-35(12-10-34)18-1-2-19-20(13-18)29(41)37(28(19)40)24-3-4-26(38)33-27(24)39/h1-2,13-15,17,24H,3-12,16,32H2,(H,33,38,39). The van der Waals surface area contributed by atoms with Gasteiger partial charge in [-0.2, -0.15) is 0 Å². The van der Waals surface area contributed by atoms with Crippen molar-refractivity contribution in [2.75, 3.05) is 61.3 Å². The van der Waals surface area contributed by atoms with Gasteiger partial charge in [0.1, 0.15) is 17.7 Å². The summed E-state index contributed by atoms with van der Waals surface area (Å²) in [5, 5.41) is 2.21. The van der Waals surface area contributed by atoms with E-state index in [1.54, 1.807) is 12.1 Å². The molecule has 0 bridgehead atoms. The fraction of sp³-hybridized carbons (Fsp3) is 0.448. The highest BCUT2D eigenvalue weighted by atomic mass is 19.1. The van der Waals surface area contributed by atoms with E-state index in [-0.39, 0.29) is 35.3 Å². The Morgan fingerprint density at radius 1 is 0.805 bits per heavy atom. The lowest BCUT2D eigenvalue weighted by Crippen LogP contribution is -2.54. The topological polar surface area (TPSA) is 119 Å². The van der Waals surface area contributed by atoms with Crippen LogP contribution in [0.5, 0.6) is 0 Å². The van der Waals surface area contributed by atoms with Crippen molar-refractivity contribution in [3.8, 4) is 0 Å². The third-order valence-corrected chi connectivity index (χ3v) is 8.70. The first kappa shape index (κ1) is 27.1. The van der Waals surface area contributed by atoms with Gasteiger partial charge >= 0.3 is 0 Å². The summed E-state index contributed by atoms with van der Waals surface area (Å²) in [6.07, 6.45) is 1.98. The number of carbonyl (C=O) groups is 4. The number of nitrogens with two attached hydrogens (primary N) is 1. The molecule has 0 aromatic heterocycles. The van der Waals surface area contributed by atoms with Crippen LogP contribution in [0.25, 0.3) is 0 Å². The van der Waals surface area contributed by atoms with Gasteiger partial charge in [0, 0.05) is 70.1 Å². The molecule has 2 aromatic rings. The first-order valence-electron chi connectivity index (χ1n) is 14.0. The van der Waals surface area contributed by atoms with Crippen molar-refractivity contribution in [2.24, 2.45) is 5.92 Å². The van der Waals surface area contributed by atoms with E-state index in [4.69, 9.17) is 5.73 Å². The van der Waals surface area contributed by atoms with E-state index >= 15 is 0 Å². The van der Waals surface area contributed by atoms with E-state index in [9.17, 15) is 28.0 Å². The molecule has 0 spiro atoms. The summed E-state index contributed by atoms with van der Waals surface area (Å²) in [6, 6.07) is 6.45. The van der Waals surface area contributed by atoms with Crippen LogP contribution in [-0.4, -0.2) is 85.3 Å². The second kappa shape index (κ2) is 10.7. The van der Waals surface area contributed by atoms with Crippen LogP contribution in [-0.2, 0) is 9.59 Å². The van der Waals surface area contributed by atoms with Crippen molar-refractivity contribution < 1.29 is 28.0 Å². The SMILES string of the molecule is Nc1cc(F)c(N2CCC(CN3CCN(c4ccc5c(c4)C(=O)N(C4CCC(=O)NC4=O)C5=O)CC3)CC2)cc1F. The van der Waals surface area contributed by atoms with Crippen molar-refractivity contribution in [3.63, 3.8) is 0 Å². The Labute approximate surface area is 236 Å². The van der Waals surface area contributed by atoms with E-state index in [1.165, 1.54) is 6.07 Å². The molecule has 3 saturated heterocycles. The number of halogens is 2. The maximum atomic E-state index is 14.3. The lowest BCUT2D eigenvalue weighted by Gasteiger charge is -2.40. The molecule has 4 heterocycles. The van der Waals surface area contributed by atoms with Crippen LogP contribution in [0.2, 0.25) is 0 Å². The van der Waals surface area contributed by atoms with Gasteiger partial charge in [-0.25, -0.2) is 8.78 Å². The Morgan fingerprint density at radius 2 is 1.51 bits per heavy atom. The molecule has 4 amide bonds. The molecule has 0 saturated carbocycles. The number of imide groups is 2. The number of anilines is 3. The normalized spacial score (nSPS) is 22.4. The molecule has 3 N–H and O–H groups in total. The van der Waals surface area contributed by atoms with Crippen LogP contribution in [0.4, 0.5) is 25.8 Å². The summed E-state index contributed by atoms with van der Waals surface area (Å²) in [7, 11) is 0. The smallest absolute Gasteiger partial charge is 0.262 e. The lowest BCUT2D eigenvalue weighted by molar-refractivity contribution is -0.136. The molecule has 4 aliphatic rings. The van der Waals surface area contributed by atoms with Gasteiger partial charge < -0.3 is 15.5 Å². The number of benzene rings is 2. The second-order valence-corrected chi connectivity index (χ2v) is 11.2. The summed E-state index contributed by atoms with van der Waals surface area (Å²) in [5.74, 6) is -2.68. The van der Waals surface area contributed by atoms with Gasteiger partial charge in [0.25, 0.3) is 11.8 Å². The third kappa shape index (κ3) is 5.12. The van der Waals surface area contributed by atoms with Gasteiger partial charge in [0.2, 0.25) is 11.8 Å². The fourth-order valence-corrected chi connectivity index (χ4v) is 6.36. The van der Waals surface area contributed by atoms with Crippen molar-refractivity contribution >= 4 is 40.7 Å². The molecule has 6 rings (SSSR count). The van der Waals surface area contributed by atoms with E-state index in [1.807, 2.05) is 11.0 Å². The van der Waals surface area contributed by atoms with Crippen molar-refractivity contribution in [2.45, 2.75) is 31.7 Å². The number of hydrogen-bond donors (Lipinski definition) is 2. The number of piperidine rings is 2. The summed E-state index contributed by atoms with van der Waals surface area (Å²) in [6.45, 7) is 5.43. The van der Waals surface area contributed by atoms with Crippen LogP contribution < -0.4 is 20.9 Å². The molecule has 0 radical (unpaired) electrons. The highest BCUT2D eigenvalue weighted by molar-refractivity contribution is 6.23. The van der Waals surface area contributed by atoms with Crippen LogP contribution >= 0.6 is 0 Å². The summed E-state index contributed by atoms with van der Waals surface area (Å²) in [4.78, 5) is 57.4. The molecule has 10 nitrogen and oxygen atoms in total. The van der Waals surface area contributed by atoms with Gasteiger partial charge in [0.05, 0.1) is 22.5 Å². The maximum Gasteiger partial charge on any atom is 0.262 e. The van der Waals surface area contributed by atoms with Crippen molar-refractivity contribution in [1.29, 1.82) is 0 Å². The Kier molecular flexibility index (Phi) is 7.10. The molecule has 216 valence electrons. The van der Waals surface area contributed by atoms with E-state index < -0.39 is 41.3 Å². The van der Waals surface area contributed by atoms with E-state index in [0.29, 0.717) is 19.0 Å². The zero-order chi connectivity index (χ0) is 28.8. The zero-order valence-electron chi connectivity index (χ0n) is 22.6. The quantitative estimate of drug-likeness (QED) is 0.417. The first-order chi connectivity index (χ1) is 19.7. The number of nitrogen functional groups attached to an aromatic ring is 1. The van der Waals surface area contributed by atoms with Crippen molar-refractivity contribution in [3.05, 3.63) is 53.1 Å². The molecule has 12 heteroatoms. The highest BCUT2D eigenvalue weighted by Gasteiger charge is 2.44. The zero-order valence-corrected chi connectivity index (χ0v) is 22.6. The van der Waals surface area contributed by atoms with Crippen LogP contribution in [0.1, 0.15) is 46.4 Å². The third-order valence-electron chi connectivity index (χ3n) is 8.70. The molecular formula is C29H32F2N6O4. The Morgan fingerprint density at radius 3 is 2.22 bits per heavy atom. The summed E-state index contributed by atoms with van der Waals surface area (Å²) < 4.78 is 28.2. The molecule has 3 fully saturated rings. The number of carbonyl (C=O) groups excluding carboxylic acids is 4. The molecule has 4 aliphatic heterocycles. The monoisotopic (exact) mass is 566 g/mol. The van der Waals surface area contributed by atoms with Gasteiger partial charge in [-0.1, -0.05) is 0 Å².